The van der Waals surface area contributed by atoms with E-state index >= 15 is 0 Å². The second-order valence-electron chi connectivity index (χ2n) is 1.96. The van der Waals surface area contributed by atoms with Crippen molar-refractivity contribution in [1.29, 1.82) is 0 Å². The second kappa shape index (κ2) is 2.79. The quantitative estimate of drug-likeness (QED) is 0.557. The number of nitrogens with one attached hydrogen (secondary N) is 1. The summed E-state index contributed by atoms with van der Waals surface area (Å²) >= 11 is 4.62. The van der Waals surface area contributed by atoms with E-state index in [4.69, 9.17) is 14.9 Å². The lowest BCUT2D eigenvalue weighted by atomic mass is 10.5. The molecule has 5 heteroatoms. The topological polar surface area (TPSA) is 65.5 Å². The van der Waals surface area contributed by atoms with Gasteiger partial charge >= 0.3 is 0 Å². The van der Waals surface area contributed by atoms with Gasteiger partial charge in [-0.15, -0.1) is 0 Å². The van der Waals surface area contributed by atoms with E-state index in [0.717, 1.165) is 0 Å². The first-order chi connectivity index (χ1) is 5.09. The predicted octanol–water partition coefficient (Wildman–Crippen LogP) is 1.15. The SMILES string of the molecule is CC(=S)Oc1cc(O)[nH]c1O. The van der Waals surface area contributed by atoms with Crippen molar-refractivity contribution in [3.05, 3.63) is 6.07 Å². The summed E-state index contributed by atoms with van der Waals surface area (Å²) in [5.41, 5.74) is 0. The van der Waals surface area contributed by atoms with E-state index in [-0.39, 0.29) is 22.6 Å². The Morgan fingerprint density at radius 3 is 2.64 bits per heavy atom. The predicted molar refractivity (Wildman–Crippen MR) is 43.0 cm³/mol. The Bertz CT molecular complexity index is 281. The molecule has 1 heterocycles. The van der Waals surface area contributed by atoms with Crippen LogP contribution in [0.2, 0.25) is 0 Å². The molecule has 1 rings (SSSR count). The fourth-order valence-corrected chi connectivity index (χ4v) is 0.734. The molecule has 0 atom stereocenters. The first-order valence-electron chi connectivity index (χ1n) is 2.89. The van der Waals surface area contributed by atoms with E-state index in [0.29, 0.717) is 0 Å². The van der Waals surface area contributed by atoms with Crippen LogP contribution >= 0.6 is 12.2 Å². The Hall–Kier alpha value is -1.23. The molecule has 0 aliphatic carbocycles. The van der Waals surface area contributed by atoms with Crippen LogP contribution in [0, 0.1) is 0 Å². The molecule has 0 saturated heterocycles. The number of rotatable bonds is 1. The van der Waals surface area contributed by atoms with E-state index in [2.05, 4.69) is 17.2 Å². The average Bonchev–Trinajstić information content (AvgIpc) is 2.09. The third kappa shape index (κ3) is 1.84. The minimum Gasteiger partial charge on any atom is -0.494 e. The molecule has 0 aromatic carbocycles. The van der Waals surface area contributed by atoms with Crippen LogP contribution in [-0.4, -0.2) is 20.2 Å². The van der Waals surface area contributed by atoms with Crippen LogP contribution in [0.3, 0.4) is 0 Å². The molecule has 1 aromatic rings. The molecule has 60 valence electrons. The Morgan fingerprint density at radius 2 is 2.27 bits per heavy atom. The number of aromatic nitrogens is 1. The molecule has 0 radical (unpaired) electrons. The largest absolute Gasteiger partial charge is 0.494 e. The van der Waals surface area contributed by atoms with Gasteiger partial charge in [-0.05, 0) is 12.2 Å². The van der Waals surface area contributed by atoms with E-state index in [1.807, 2.05) is 0 Å². The fraction of sp³-hybridized carbons (Fsp3) is 0.167. The van der Waals surface area contributed by atoms with Gasteiger partial charge in [0.05, 0.1) is 0 Å². The van der Waals surface area contributed by atoms with Crippen LogP contribution in [0.1, 0.15) is 6.92 Å². The molecule has 0 spiro atoms. The lowest BCUT2D eigenvalue weighted by molar-refractivity contribution is 0.411. The minimum absolute atomic E-state index is 0.134. The lowest BCUT2D eigenvalue weighted by Gasteiger charge is -1.97. The van der Waals surface area contributed by atoms with Crippen molar-refractivity contribution in [2.24, 2.45) is 0 Å². The number of aromatic amines is 1. The molecule has 4 nitrogen and oxygen atoms in total. The molecule has 0 bridgehead atoms. The summed E-state index contributed by atoms with van der Waals surface area (Å²) in [5.74, 6) is -0.254. The Labute approximate surface area is 68.4 Å². The van der Waals surface area contributed by atoms with Crippen LogP contribution in [0.5, 0.6) is 17.5 Å². The van der Waals surface area contributed by atoms with E-state index in [1.54, 1.807) is 6.92 Å². The Balaban J connectivity index is 2.85. The highest BCUT2D eigenvalue weighted by atomic mass is 32.1. The maximum absolute atomic E-state index is 8.98. The van der Waals surface area contributed by atoms with Gasteiger partial charge in [0.15, 0.2) is 16.7 Å². The van der Waals surface area contributed by atoms with Gasteiger partial charge in [0.1, 0.15) is 0 Å². The molecule has 11 heavy (non-hydrogen) atoms. The maximum Gasteiger partial charge on any atom is 0.235 e. The van der Waals surface area contributed by atoms with Gasteiger partial charge in [-0.3, -0.25) is 4.98 Å². The molecule has 0 amide bonds. The first-order valence-corrected chi connectivity index (χ1v) is 3.30. The van der Waals surface area contributed by atoms with Gasteiger partial charge in [-0.25, -0.2) is 0 Å². The second-order valence-corrected chi connectivity index (χ2v) is 2.54. The third-order valence-corrected chi connectivity index (χ3v) is 1.08. The fourth-order valence-electron chi connectivity index (χ4n) is 0.644. The third-order valence-electron chi connectivity index (χ3n) is 1.00. The van der Waals surface area contributed by atoms with E-state index < -0.39 is 0 Å². The highest BCUT2D eigenvalue weighted by molar-refractivity contribution is 7.80. The zero-order valence-electron chi connectivity index (χ0n) is 5.79. The molecule has 0 fully saturated rings. The van der Waals surface area contributed by atoms with Crippen LogP contribution in [-0.2, 0) is 0 Å². The number of aromatic hydroxyl groups is 2. The van der Waals surface area contributed by atoms with Gasteiger partial charge in [0, 0.05) is 13.0 Å². The van der Waals surface area contributed by atoms with Crippen molar-refractivity contribution in [3.63, 3.8) is 0 Å². The van der Waals surface area contributed by atoms with Crippen molar-refractivity contribution in [2.75, 3.05) is 0 Å². The number of thiocarbonyl (C=S) groups is 1. The molecule has 1 aromatic heterocycles. The number of hydrogen-bond acceptors (Lipinski definition) is 4. The van der Waals surface area contributed by atoms with Gasteiger partial charge in [-0.2, -0.15) is 0 Å². The first kappa shape index (κ1) is 7.87. The summed E-state index contributed by atoms with van der Waals surface area (Å²) in [6.07, 6.45) is 0. The maximum atomic E-state index is 8.98. The average molecular weight is 173 g/mol. The number of hydrogen-bond donors (Lipinski definition) is 3. The van der Waals surface area contributed by atoms with Crippen LogP contribution < -0.4 is 4.74 Å². The lowest BCUT2D eigenvalue weighted by Crippen LogP contribution is -1.97. The molecule has 0 aliphatic heterocycles. The Kier molecular flexibility index (Phi) is 2.00. The molecular weight excluding hydrogens is 166 g/mol. The molecule has 0 unspecified atom stereocenters. The zero-order chi connectivity index (χ0) is 8.43. The highest BCUT2D eigenvalue weighted by Gasteiger charge is 2.07. The van der Waals surface area contributed by atoms with Crippen molar-refractivity contribution in [2.45, 2.75) is 6.92 Å². The monoisotopic (exact) mass is 173 g/mol. The minimum atomic E-state index is -0.230. The normalized spacial score (nSPS) is 9.55. The van der Waals surface area contributed by atoms with Gasteiger partial charge < -0.3 is 14.9 Å². The molecule has 3 N–H and O–H groups in total. The summed E-state index contributed by atoms with van der Waals surface area (Å²) in [6, 6.07) is 1.24. The summed E-state index contributed by atoms with van der Waals surface area (Å²) < 4.78 is 4.86. The van der Waals surface area contributed by atoms with E-state index in [9.17, 15) is 0 Å². The van der Waals surface area contributed by atoms with Crippen LogP contribution in [0.25, 0.3) is 0 Å². The summed E-state index contributed by atoms with van der Waals surface area (Å²) in [7, 11) is 0. The van der Waals surface area contributed by atoms with Crippen LogP contribution in [0.15, 0.2) is 6.07 Å². The van der Waals surface area contributed by atoms with Crippen molar-refractivity contribution < 1.29 is 14.9 Å². The van der Waals surface area contributed by atoms with Gasteiger partial charge in [-0.1, -0.05) is 0 Å². The number of ether oxygens (including phenoxy) is 1. The summed E-state index contributed by atoms with van der Waals surface area (Å²) in [6.45, 7) is 1.57. The summed E-state index contributed by atoms with van der Waals surface area (Å²) in [5, 5.41) is 18.1. The molecule has 0 aliphatic rings. The Morgan fingerprint density at radius 1 is 1.64 bits per heavy atom. The molecule has 0 saturated carbocycles. The van der Waals surface area contributed by atoms with Gasteiger partial charge in [0.2, 0.25) is 5.88 Å². The molecular formula is C6H7NO3S. The zero-order valence-corrected chi connectivity index (χ0v) is 6.60. The van der Waals surface area contributed by atoms with Crippen molar-refractivity contribution in [1.82, 2.24) is 4.98 Å². The van der Waals surface area contributed by atoms with Crippen LogP contribution in [0.4, 0.5) is 0 Å². The number of H-pyrrole nitrogens is 1. The van der Waals surface area contributed by atoms with E-state index in [1.165, 1.54) is 6.07 Å². The van der Waals surface area contributed by atoms with Gasteiger partial charge in [0.25, 0.3) is 0 Å². The van der Waals surface area contributed by atoms with Crippen molar-refractivity contribution >= 4 is 17.3 Å². The highest BCUT2D eigenvalue weighted by Crippen LogP contribution is 2.29. The standard InChI is InChI=1S/C6H7NO3S/c1-3(11)10-4-2-5(8)7-6(4)9/h2,7-9H,1H3. The summed E-state index contributed by atoms with van der Waals surface area (Å²) in [4.78, 5) is 2.24. The van der Waals surface area contributed by atoms with Crippen molar-refractivity contribution in [3.8, 4) is 17.5 Å². The smallest absolute Gasteiger partial charge is 0.235 e.